The summed E-state index contributed by atoms with van der Waals surface area (Å²) in [5, 5.41) is 0. The van der Waals surface area contributed by atoms with Gasteiger partial charge in [0.2, 0.25) is 0 Å². The van der Waals surface area contributed by atoms with Crippen molar-refractivity contribution < 1.29 is 28.6 Å². The molecule has 0 aliphatic rings. The molecule has 0 aliphatic heterocycles. The van der Waals surface area contributed by atoms with Crippen LogP contribution in [0.2, 0.25) is 0 Å². The van der Waals surface area contributed by atoms with Gasteiger partial charge in [0.05, 0.1) is 0 Å². The molecule has 0 saturated heterocycles. The predicted octanol–water partition coefficient (Wildman–Crippen LogP) is 17.3. The van der Waals surface area contributed by atoms with E-state index >= 15 is 0 Å². The third-order valence-corrected chi connectivity index (χ3v) is 12.6. The van der Waals surface area contributed by atoms with Gasteiger partial charge in [0.15, 0.2) is 6.10 Å². The summed E-state index contributed by atoms with van der Waals surface area (Å²) in [5.74, 6) is 0.779. The highest BCUT2D eigenvalue weighted by Gasteiger charge is 2.19. The molecule has 356 valence electrons. The molecule has 60 heavy (non-hydrogen) atoms. The lowest BCUT2D eigenvalue weighted by atomic mass is 10.00. The third kappa shape index (κ3) is 45.9. The largest absolute Gasteiger partial charge is 0.462 e. The average molecular weight is 849 g/mol. The van der Waals surface area contributed by atoms with Crippen LogP contribution in [-0.4, -0.2) is 37.2 Å². The number of unbranched alkanes of at least 4 members (excludes halogenated alkanes) is 32. The maximum Gasteiger partial charge on any atom is 0.306 e. The molecular weight excluding hydrogens is 745 g/mol. The van der Waals surface area contributed by atoms with Crippen LogP contribution >= 0.6 is 0 Å². The summed E-state index contributed by atoms with van der Waals surface area (Å²) in [5.41, 5.74) is 0. The van der Waals surface area contributed by atoms with Crippen LogP contribution in [0, 0.1) is 11.8 Å². The minimum atomic E-state index is -0.762. The number of carbonyl (C=O) groups excluding carboxylic acids is 3. The Hall–Kier alpha value is -1.59. The summed E-state index contributed by atoms with van der Waals surface area (Å²) in [4.78, 5) is 37.9. The van der Waals surface area contributed by atoms with Crippen LogP contribution in [0.25, 0.3) is 0 Å². The highest BCUT2D eigenvalue weighted by molar-refractivity contribution is 5.71. The highest BCUT2D eigenvalue weighted by atomic mass is 16.6. The van der Waals surface area contributed by atoms with Crippen molar-refractivity contribution in [3.63, 3.8) is 0 Å². The van der Waals surface area contributed by atoms with Crippen LogP contribution in [-0.2, 0) is 28.6 Å². The normalized spacial score (nSPS) is 12.5. The minimum absolute atomic E-state index is 0.0644. The molecule has 0 aromatic carbocycles. The summed E-state index contributed by atoms with van der Waals surface area (Å²) >= 11 is 0. The van der Waals surface area contributed by atoms with Crippen molar-refractivity contribution in [1.82, 2.24) is 0 Å². The van der Waals surface area contributed by atoms with Gasteiger partial charge in [-0.2, -0.15) is 0 Å². The third-order valence-electron chi connectivity index (χ3n) is 12.6. The van der Waals surface area contributed by atoms with Gasteiger partial charge in [-0.3, -0.25) is 14.4 Å². The number of esters is 3. The van der Waals surface area contributed by atoms with Crippen molar-refractivity contribution >= 4 is 17.9 Å². The smallest absolute Gasteiger partial charge is 0.306 e. The zero-order chi connectivity index (χ0) is 44.0. The fraction of sp³-hybridized carbons (Fsp3) is 0.944. The Labute approximate surface area is 374 Å². The van der Waals surface area contributed by atoms with Gasteiger partial charge in [-0.05, 0) is 31.1 Å². The van der Waals surface area contributed by atoms with Gasteiger partial charge in [0.25, 0.3) is 0 Å². The molecule has 0 amide bonds. The van der Waals surface area contributed by atoms with Gasteiger partial charge < -0.3 is 14.2 Å². The van der Waals surface area contributed by atoms with Crippen molar-refractivity contribution in [2.24, 2.45) is 11.8 Å². The van der Waals surface area contributed by atoms with Gasteiger partial charge >= 0.3 is 17.9 Å². The first-order valence-electron chi connectivity index (χ1n) is 26.8. The van der Waals surface area contributed by atoms with Gasteiger partial charge in [0.1, 0.15) is 13.2 Å². The summed E-state index contributed by atoms with van der Waals surface area (Å²) in [6.07, 6.45) is 48.1. The first-order valence-corrected chi connectivity index (χ1v) is 26.8. The summed E-state index contributed by atoms with van der Waals surface area (Å²) in [6, 6.07) is 0. The van der Waals surface area contributed by atoms with E-state index in [4.69, 9.17) is 14.2 Å². The Morgan fingerprint density at radius 2 is 0.633 bits per heavy atom. The molecule has 0 fully saturated rings. The molecule has 0 aromatic rings. The van der Waals surface area contributed by atoms with E-state index in [2.05, 4.69) is 34.6 Å². The Balaban J connectivity index is 4.24. The van der Waals surface area contributed by atoms with Crippen molar-refractivity contribution in [3.8, 4) is 0 Å². The lowest BCUT2D eigenvalue weighted by Crippen LogP contribution is -2.30. The molecule has 6 nitrogen and oxygen atoms in total. The van der Waals surface area contributed by atoms with E-state index in [1.165, 1.54) is 186 Å². The van der Waals surface area contributed by atoms with E-state index in [0.717, 1.165) is 69.6 Å². The maximum absolute atomic E-state index is 12.8. The van der Waals surface area contributed by atoms with Gasteiger partial charge in [-0.15, -0.1) is 0 Å². The van der Waals surface area contributed by atoms with Crippen molar-refractivity contribution in [2.75, 3.05) is 13.2 Å². The zero-order valence-corrected chi connectivity index (χ0v) is 41.1. The van der Waals surface area contributed by atoms with E-state index in [-0.39, 0.29) is 31.1 Å². The second kappa shape index (κ2) is 46.9. The van der Waals surface area contributed by atoms with E-state index in [1.807, 2.05) is 0 Å². The summed E-state index contributed by atoms with van der Waals surface area (Å²) < 4.78 is 16.8. The number of ether oxygens (including phenoxy) is 3. The summed E-state index contributed by atoms with van der Waals surface area (Å²) in [7, 11) is 0. The van der Waals surface area contributed by atoms with Crippen LogP contribution in [0.1, 0.15) is 298 Å². The van der Waals surface area contributed by atoms with Crippen molar-refractivity contribution in [2.45, 2.75) is 304 Å². The Morgan fingerprint density at radius 3 is 0.950 bits per heavy atom. The second-order valence-electron chi connectivity index (χ2n) is 19.2. The SMILES string of the molecule is CCCCCCCCCCCCCCCCCCCCCC(=O)OC[C@H](COC(=O)CCCCCCCCC(C)CC)OC(=O)CCCCCCCCCCCCC(C)C. The first kappa shape index (κ1) is 58.4. The van der Waals surface area contributed by atoms with E-state index in [9.17, 15) is 14.4 Å². The van der Waals surface area contributed by atoms with Crippen LogP contribution in [0.3, 0.4) is 0 Å². The lowest BCUT2D eigenvalue weighted by molar-refractivity contribution is -0.167. The average Bonchev–Trinajstić information content (AvgIpc) is 3.23. The van der Waals surface area contributed by atoms with Gasteiger partial charge in [-0.25, -0.2) is 0 Å². The van der Waals surface area contributed by atoms with Crippen LogP contribution in [0.15, 0.2) is 0 Å². The topological polar surface area (TPSA) is 78.9 Å². The maximum atomic E-state index is 12.8. The van der Waals surface area contributed by atoms with Gasteiger partial charge in [0, 0.05) is 19.3 Å². The molecule has 1 unspecified atom stereocenters. The number of rotatable bonds is 48. The summed E-state index contributed by atoms with van der Waals surface area (Å²) in [6.45, 7) is 11.3. The molecule has 0 bridgehead atoms. The standard InChI is InChI=1S/C54H104O6/c1-6-8-9-10-11-12-13-14-15-16-17-18-19-20-21-25-28-34-39-44-52(55)58-47-51(48-59-53(56)45-40-35-31-30-33-38-43-50(5)7-2)60-54(57)46-41-36-29-26-23-22-24-27-32-37-42-49(3)4/h49-51H,6-48H2,1-5H3/t50?,51-/m1/s1. The molecule has 0 heterocycles. The first-order chi connectivity index (χ1) is 29.3. The monoisotopic (exact) mass is 849 g/mol. The molecular formula is C54H104O6. The zero-order valence-electron chi connectivity index (χ0n) is 41.1. The van der Waals surface area contributed by atoms with E-state index < -0.39 is 6.10 Å². The Bertz CT molecular complexity index is 918. The fourth-order valence-corrected chi connectivity index (χ4v) is 8.13. The molecule has 0 aliphatic carbocycles. The lowest BCUT2D eigenvalue weighted by Gasteiger charge is -2.18. The Kier molecular flexibility index (Phi) is 45.7. The molecule has 2 atom stereocenters. The quantitative estimate of drug-likeness (QED) is 0.0345. The molecule has 0 radical (unpaired) electrons. The molecule has 0 saturated carbocycles. The van der Waals surface area contributed by atoms with Crippen molar-refractivity contribution in [3.05, 3.63) is 0 Å². The molecule has 0 aromatic heterocycles. The molecule has 0 N–H and O–H groups in total. The molecule has 6 heteroatoms. The second-order valence-corrected chi connectivity index (χ2v) is 19.2. The van der Waals surface area contributed by atoms with Crippen LogP contribution in [0.5, 0.6) is 0 Å². The van der Waals surface area contributed by atoms with Crippen LogP contribution in [0.4, 0.5) is 0 Å². The number of hydrogen-bond acceptors (Lipinski definition) is 6. The van der Waals surface area contributed by atoms with E-state index in [1.54, 1.807) is 0 Å². The molecule has 0 rings (SSSR count). The Morgan fingerprint density at radius 1 is 0.350 bits per heavy atom. The number of hydrogen-bond donors (Lipinski definition) is 0. The fourth-order valence-electron chi connectivity index (χ4n) is 8.13. The highest BCUT2D eigenvalue weighted by Crippen LogP contribution is 2.18. The van der Waals surface area contributed by atoms with Crippen molar-refractivity contribution in [1.29, 1.82) is 0 Å². The van der Waals surface area contributed by atoms with Gasteiger partial charge in [-0.1, -0.05) is 259 Å². The number of carbonyl (C=O) groups is 3. The van der Waals surface area contributed by atoms with E-state index in [0.29, 0.717) is 19.3 Å². The minimum Gasteiger partial charge on any atom is -0.462 e. The van der Waals surface area contributed by atoms with Crippen LogP contribution < -0.4 is 0 Å². The predicted molar refractivity (Wildman–Crippen MR) is 256 cm³/mol. The molecule has 0 spiro atoms.